The van der Waals surface area contributed by atoms with Crippen LogP contribution in [0.4, 0.5) is 4.39 Å². The van der Waals surface area contributed by atoms with Crippen molar-refractivity contribution in [2.45, 2.75) is 9.79 Å². The van der Waals surface area contributed by atoms with E-state index in [1.807, 2.05) is 0 Å². The molecule has 0 radical (unpaired) electrons. The van der Waals surface area contributed by atoms with Gasteiger partial charge in [0, 0.05) is 17.6 Å². The van der Waals surface area contributed by atoms with Gasteiger partial charge in [0.1, 0.15) is 16.5 Å². The second kappa shape index (κ2) is 6.55. The molecule has 0 N–H and O–H groups in total. The molecule has 0 atom stereocenters. The fourth-order valence-corrected chi connectivity index (χ4v) is 3.26. The topological polar surface area (TPSA) is 52.6 Å². The predicted octanol–water partition coefficient (Wildman–Crippen LogP) is 3.40. The molecule has 4 nitrogen and oxygen atoms in total. The summed E-state index contributed by atoms with van der Waals surface area (Å²) in [5.41, 5.74) is 0. The minimum Gasteiger partial charge on any atom is -0.468 e. The van der Waals surface area contributed by atoms with E-state index in [4.69, 9.17) is 9.47 Å². The lowest BCUT2D eigenvalue weighted by molar-refractivity contribution is 0.0508. The average molecular weight is 375 g/mol. The van der Waals surface area contributed by atoms with Crippen molar-refractivity contribution < 1.29 is 22.3 Å². The summed E-state index contributed by atoms with van der Waals surface area (Å²) in [7, 11) is -2.52. The molecule has 2 aromatic rings. The van der Waals surface area contributed by atoms with E-state index in [2.05, 4.69) is 15.9 Å². The highest BCUT2D eigenvalue weighted by Crippen LogP contribution is 2.27. The number of halogens is 2. The lowest BCUT2D eigenvalue weighted by Crippen LogP contribution is -2.06. The molecule has 0 aliphatic heterocycles. The van der Waals surface area contributed by atoms with Gasteiger partial charge in [-0.05, 0) is 36.4 Å². The van der Waals surface area contributed by atoms with Gasteiger partial charge in [0.05, 0.1) is 4.90 Å². The molecule has 0 aliphatic carbocycles. The van der Waals surface area contributed by atoms with Crippen molar-refractivity contribution in [2.24, 2.45) is 0 Å². The summed E-state index contributed by atoms with van der Waals surface area (Å²) >= 11 is 3.22. The first-order chi connectivity index (χ1) is 9.95. The van der Waals surface area contributed by atoms with E-state index >= 15 is 0 Å². The Kier molecular flexibility index (Phi) is 4.97. The smallest absolute Gasteiger partial charge is 0.209 e. The van der Waals surface area contributed by atoms with Crippen LogP contribution in [0.15, 0.2) is 56.7 Å². The lowest BCUT2D eigenvalue weighted by atomic mass is 10.3. The van der Waals surface area contributed by atoms with Gasteiger partial charge in [0.2, 0.25) is 9.84 Å². The Morgan fingerprint density at radius 3 is 2.43 bits per heavy atom. The third-order valence-corrected chi connectivity index (χ3v) is 4.97. The predicted molar refractivity (Wildman–Crippen MR) is 78.5 cm³/mol. The molecule has 7 heteroatoms. The monoisotopic (exact) mass is 374 g/mol. The van der Waals surface area contributed by atoms with Crippen molar-refractivity contribution in [1.82, 2.24) is 0 Å². The van der Waals surface area contributed by atoms with E-state index in [1.54, 1.807) is 12.1 Å². The van der Waals surface area contributed by atoms with Crippen LogP contribution < -0.4 is 4.74 Å². The molecule has 2 rings (SSSR count). The largest absolute Gasteiger partial charge is 0.468 e. The summed E-state index contributed by atoms with van der Waals surface area (Å²) in [5.74, 6) is -0.614. The van der Waals surface area contributed by atoms with Gasteiger partial charge in [-0.15, -0.1) is 0 Å². The van der Waals surface area contributed by atoms with Gasteiger partial charge in [-0.2, -0.15) is 0 Å². The summed E-state index contributed by atoms with van der Waals surface area (Å²) in [5, 5.41) is 0. The molecule has 0 fully saturated rings. The molecule has 0 amide bonds. The number of sulfone groups is 1. The minimum atomic E-state index is -3.95. The molecule has 112 valence electrons. The molecular weight excluding hydrogens is 363 g/mol. The highest BCUT2D eigenvalue weighted by Gasteiger charge is 2.22. The molecule has 0 aliphatic rings. The Bertz CT molecular complexity index is 729. The zero-order valence-corrected chi connectivity index (χ0v) is 13.4. The molecule has 0 heterocycles. The molecule has 0 saturated carbocycles. The fourth-order valence-electron chi connectivity index (χ4n) is 1.65. The van der Waals surface area contributed by atoms with Crippen LogP contribution in [0.1, 0.15) is 0 Å². The first-order valence-corrected chi connectivity index (χ1v) is 8.14. The summed E-state index contributed by atoms with van der Waals surface area (Å²) in [6, 6.07) is 9.51. The normalized spacial score (nSPS) is 11.4. The standard InChI is InChI=1S/C14H12BrFO4S/c1-19-9-20-11-4-7-13(16)14(8-11)21(17,18)12-5-2-10(15)3-6-12/h2-8H,9H2,1H3. The van der Waals surface area contributed by atoms with E-state index in [0.29, 0.717) is 0 Å². The van der Waals surface area contributed by atoms with Crippen LogP contribution in [0.3, 0.4) is 0 Å². The maximum absolute atomic E-state index is 13.9. The van der Waals surface area contributed by atoms with E-state index in [-0.39, 0.29) is 17.4 Å². The van der Waals surface area contributed by atoms with Crippen molar-refractivity contribution in [3.05, 3.63) is 52.8 Å². The first kappa shape index (κ1) is 15.9. The molecule has 0 bridgehead atoms. The number of hydrogen-bond acceptors (Lipinski definition) is 4. The highest BCUT2D eigenvalue weighted by molar-refractivity contribution is 9.10. The number of benzene rings is 2. The zero-order valence-electron chi connectivity index (χ0n) is 11.0. The molecular formula is C14H12BrFO4S. The van der Waals surface area contributed by atoms with Gasteiger partial charge in [-0.1, -0.05) is 15.9 Å². The lowest BCUT2D eigenvalue weighted by Gasteiger charge is -2.09. The quantitative estimate of drug-likeness (QED) is 0.752. The molecule has 0 aromatic heterocycles. The maximum Gasteiger partial charge on any atom is 0.209 e. The second-order valence-corrected chi connectivity index (χ2v) is 6.93. The van der Waals surface area contributed by atoms with E-state index in [9.17, 15) is 12.8 Å². The Labute approximate surface area is 130 Å². The fraction of sp³-hybridized carbons (Fsp3) is 0.143. The van der Waals surface area contributed by atoms with Gasteiger partial charge >= 0.3 is 0 Å². The minimum absolute atomic E-state index is 0.00786. The SMILES string of the molecule is COCOc1ccc(F)c(S(=O)(=O)c2ccc(Br)cc2)c1. The van der Waals surface area contributed by atoms with E-state index in [1.165, 1.54) is 25.3 Å². The molecule has 0 unspecified atom stereocenters. The molecule has 0 spiro atoms. The molecule has 0 saturated heterocycles. The number of rotatable bonds is 5. The van der Waals surface area contributed by atoms with Crippen LogP contribution in [0.2, 0.25) is 0 Å². The van der Waals surface area contributed by atoms with Gasteiger partial charge in [0.15, 0.2) is 6.79 Å². The second-order valence-electron chi connectivity index (χ2n) is 4.10. The number of hydrogen-bond donors (Lipinski definition) is 0. The van der Waals surface area contributed by atoms with E-state index < -0.39 is 20.5 Å². The van der Waals surface area contributed by atoms with Gasteiger partial charge in [-0.25, -0.2) is 12.8 Å². The van der Waals surface area contributed by atoms with Crippen LogP contribution in [-0.2, 0) is 14.6 Å². The van der Waals surface area contributed by atoms with Crippen LogP contribution >= 0.6 is 15.9 Å². The number of ether oxygens (including phenoxy) is 2. The Morgan fingerprint density at radius 2 is 1.81 bits per heavy atom. The van der Waals surface area contributed by atoms with Crippen molar-refractivity contribution in [3.8, 4) is 5.75 Å². The summed E-state index contributed by atoms with van der Waals surface area (Å²) in [6.45, 7) is -0.0522. The zero-order chi connectivity index (χ0) is 15.5. The maximum atomic E-state index is 13.9. The van der Waals surface area contributed by atoms with Crippen LogP contribution in [0.25, 0.3) is 0 Å². The van der Waals surface area contributed by atoms with Crippen LogP contribution in [-0.4, -0.2) is 22.3 Å². The summed E-state index contributed by atoms with van der Waals surface area (Å²) in [4.78, 5) is -0.424. The average Bonchev–Trinajstić information content (AvgIpc) is 2.46. The van der Waals surface area contributed by atoms with Crippen LogP contribution in [0.5, 0.6) is 5.75 Å². The van der Waals surface area contributed by atoms with Crippen molar-refractivity contribution in [1.29, 1.82) is 0 Å². The van der Waals surface area contributed by atoms with Crippen molar-refractivity contribution >= 4 is 25.8 Å². The Hall–Kier alpha value is -1.44. The first-order valence-electron chi connectivity index (χ1n) is 5.87. The molecule has 2 aromatic carbocycles. The van der Waals surface area contributed by atoms with E-state index in [0.717, 1.165) is 16.6 Å². The summed E-state index contributed by atoms with van der Waals surface area (Å²) in [6.07, 6.45) is 0. The third-order valence-electron chi connectivity index (χ3n) is 2.66. The summed E-state index contributed by atoms with van der Waals surface area (Å²) < 4.78 is 49.4. The van der Waals surface area contributed by atoms with Gasteiger partial charge < -0.3 is 9.47 Å². The Balaban J connectivity index is 2.46. The highest BCUT2D eigenvalue weighted by atomic mass is 79.9. The van der Waals surface area contributed by atoms with Crippen molar-refractivity contribution in [2.75, 3.05) is 13.9 Å². The van der Waals surface area contributed by atoms with Gasteiger partial charge in [0.25, 0.3) is 0 Å². The van der Waals surface area contributed by atoms with Crippen molar-refractivity contribution in [3.63, 3.8) is 0 Å². The number of methoxy groups -OCH3 is 1. The van der Waals surface area contributed by atoms with Gasteiger partial charge in [-0.3, -0.25) is 0 Å². The third kappa shape index (κ3) is 3.61. The Morgan fingerprint density at radius 1 is 1.14 bits per heavy atom. The molecule has 21 heavy (non-hydrogen) atoms. The van der Waals surface area contributed by atoms with Crippen LogP contribution in [0, 0.1) is 5.82 Å².